The summed E-state index contributed by atoms with van der Waals surface area (Å²) in [6.45, 7) is 8.59. The number of hydrogen-bond donors (Lipinski definition) is 3. The number of nitrogens with one attached hydrogen (secondary N) is 3. The maximum absolute atomic E-state index is 11.7. The Morgan fingerprint density at radius 1 is 1.14 bits per heavy atom. The molecule has 0 aliphatic rings. The second-order valence-corrected chi connectivity index (χ2v) is 4.80. The number of anilines is 1. The maximum Gasteiger partial charge on any atom is 0.272 e. The van der Waals surface area contributed by atoms with E-state index < -0.39 is 11.1 Å². The Bertz CT molecular complexity index is 950. The van der Waals surface area contributed by atoms with Gasteiger partial charge in [-0.1, -0.05) is 25.3 Å². The van der Waals surface area contributed by atoms with E-state index in [0.717, 1.165) is 0 Å². The van der Waals surface area contributed by atoms with Crippen LogP contribution in [0.5, 0.6) is 0 Å². The molecule has 0 aliphatic carbocycles. The third-order valence-electron chi connectivity index (χ3n) is 2.90. The third kappa shape index (κ3) is 3.49. The molecule has 0 fully saturated rings. The van der Waals surface area contributed by atoms with Crippen LogP contribution in [0.4, 0.5) is 5.69 Å². The first-order valence-corrected chi connectivity index (χ1v) is 6.47. The smallest absolute Gasteiger partial charge is 0.272 e. The van der Waals surface area contributed by atoms with Crippen molar-refractivity contribution in [3.8, 4) is 0 Å². The minimum Gasteiger partial charge on any atom is -0.322 e. The Hall–Kier alpha value is -3.15. The average molecular weight is 297 g/mol. The highest BCUT2D eigenvalue weighted by molar-refractivity contribution is 6.02. The molecule has 1 aromatic heterocycles. The minimum absolute atomic E-state index is 0.0139. The van der Waals surface area contributed by atoms with Gasteiger partial charge in [-0.3, -0.25) is 14.4 Å². The molecule has 2 rings (SSSR count). The van der Waals surface area contributed by atoms with Crippen molar-refractivity contribution in [1.29, 1.82) is 0 Å². The summed E-state index contributed by atoms with van der Waals surface area (Å²) in [6, 6.07) is 6.80. The second kappa shape index (κ2) is 6.09. The molecule has 0 radical (unpaired) electrons. The summed E-state index contributed by atoms with van der Waals surface area (Å²) in [6.07, 6.45) is 1.53. The zero-order valence-corrected chi connectivity index (χ0v) is 12.0. The zero-order valence-electron chi connectivity index (χ0n) is 12.0. The van der Waals surface area contributed by atoms with Gasteiger partial charge in [0.15, 0.2) is 0 Å². The predicted octanol–water partition coefficient (Wildman–Crippen LogP) is -0.183. The first-order valence-electron chi connectivity index (χ1n) is 6.47. The van der Waals surface area contributed by atoms with E-state index in [1.807, 2.05) is 0 Å². The molecular formula is C16H15N3O3. The summed E-state index contributed by atoms with van der Waals surface area (Å²) in [5.41, 5.74) is 0.848. The van der Waals surface area contributed by atoms with Crippen LogP contribution in [0.2, 0.25) is 0 Å². The number of rotatable bonds is 3. The summed E-state index contributed by atoms with van der Waals surface area (Å²) in [5.74, 6) is -0.261. The van der Waals surface area contributed by atoms with Gasteiger partial charge in [-0.05, 0) is 30.7 Å². The molecule has 2 aromatic rings. The normalized spacial score (nSPS) is 11.2. The summed E-state index contributed by atoms with van der Waals surface area (Å²) in [4.78, 5) is 39.5. The van der Waals surface area contributed by atoms with Crippen LogP contribution < -0.4 is 27.1 Å². The van der Waals surface area contributed by atoms with Gasteiger partial charge >= 0.3 is 0 Å². The Labute approximate surface area is 125 Å². The molecule has 0 unspecified atom stereocenters. The monoisotopic (exact) mass is 297 g/mol. The molecular weight excluding hydrogens is 282 g/mol. The Morgan fingerprint density at radius 2 is 1.77 bits per heavy atom. The van der Waals surface area contributed by atoms with Crippen LogP contribution in [0.1, 0.15) is 12.5 Å². The number of aromatic amines is 2. The lowest BCUT2D eigenvalue weighted by molar-refractivity contribution is -0.112. The molecule has 0 bridgehead atoms. The van der Waals surface area contributed by atoms with Crippen molar-refractivity contribution >= 4 is 24.2 Å². The lowest BCUT2D eigenvalue weighted by atomic mass is 10.2. The summed E-state index contributed by atoms with van der Waals surface area (Å²) >= 11 is 0. The molecule has 1 amide bonds. The molecule has 1 heterocycles. The van der Waals surface area contributed by atoms with Crippen LogP contribution >= 0.6 is 0 Å². The van der Waals surface area contributed by atoms with E-state index in [1.54, 1.807) is 31.2 Å². The average Bonchev–Trinajstić information content (AvgIpc) is 2.46. The van der Waals surface area contributed by atoms with Crippen LogP contribution in [0.15, 0.2) is 46.0 Å². The van der Waals surface area contributed by atoms with Gasteiger partial charge in [0.1, 0.15) is 5.35 Å². The van der Waals surface area contributed by atoms with E-state index in [9.17, 15) is 14.4 Å². The van der Waals surface area contributed by atoms with Crippen molar-refractivity contribution in [2.24, 2.45) is 0 Å². The van der Waals surface area contributed by atoms with Crippen molar-refractivity contribution in [3.05, 3.63) is 73.4 Å². The molecule has 22 heavy (non-hydrogen) atoms. The van der Waals surface area contributed by atoms with Crippen LogP contribution in [0, 0.1) is 0 Å². The molecule has 0 saturated heterocycles. The zero-order chi connectivity index (χ0) is 16.3. The van der Waals surface area contributed by atoms with E-state index in [0.29, 0.717) is 16.8 Å². The highest BCUT2D eigenvalue weighted by Gasteiger charge is 2.02. The highest BCUT2D eigenvalue weighted by Crippen LogP contribution is 2.10. The lowest BCUT2D eigenvalue weighted by Gasteiger charge is -2.04. The van der Waals surface area contributed by atoms with Gasteiger partial charge in [0, 0.05) is 11.3 Å². The quantitative estimate of drug-likeness (QED) is 0.686. The molecule has 0 saturated carbocycles. The maximum atomic E-state index is 11.7. The number of carbonyl (C=O) groups excluding carboxylic acids is 1. The fourth-order valence-electron chi connectivity index (χ4n) is 1.68. The molecule has 112 valence electrons. The van der Waals surface area contributed by atoms with Crippen molar-refractivity contribution in [3.63, 3.8) is 0 Å². The standard InChI is InChI=1S/C16H15N3O3/c1-9(2)14(20)18-12-6-4-11(5-7-12)8-13-16(22)17-10(3)15(21)19-13/h4-8H,1,3H2,2H3,(H,17,22)(H,18,20)(H,19,21)/b13-8-. The number of hydrogen-bond acceptors (Lipinski definition) is 3. The summed E-state index contributed by atoms with van der Waals surface area (Å²) in [5, 5.41) is 2.82. The van der Waals surface area contributed by atoms with Crippen LogP contribution in [0.25, 0.3) is 12.7 Å². The first kappa shape index (κ1) is 15.2. The molecule has 3 N–H and O–H groups in total. The molecule has 6 heteroatoms. The predicted molar refractivity (Wildman–Crippen MR) is 85.9 cm³/mol. The van der Waals surface area contributed by atoms with Crippen molar-refractivity contribution in [1.82, 2.24) is 9.97 Å². The number of amides is 1. The topological polar surface area (TPSA) is 94.8 Å². The number of carbonyl (C=O) groups is 1. The summed E-state index contributed by atoms with van der Waals surface area (Å²) < 4.78 is 0. The fraction of sp³-hybridized carbons (Fsp3) is 0.0625. The second-order valence-electron chi connectivity index (χ2n) is 4.80. The lowest BCUT2D eigenvalue weighted by Crippen LogP contribution is -2.46. The van der Waals surface area contributed by atoms with Crippen LogP contribution in [0.3, 0.4) is 0 Å². The molecule has 6 nitrogen and oxygen atoms in total. The van der Waals surface area contributed by atoms with E-state index in [1.165, 1.54) is 6.08 Å². The van der Waals surface area contributed by atoms with Gasteiger partial charge < -0.3 is 15.3 Å². The summed E-state index contributed by atoms with van der Waals surface area (Å²) in [7, 11) is 0. The SMILES string of the molecule is C=C(C)C(=O)Nc1ccc(/C=c2\[nH]c(=O)c(=C)[nH]c2=O)cc1. The van der Waals surface area contributed by atoms with Gasteiger partial charge in [-0.15, -0.1) is 0 Å². The molecule has 0 atom stereocenters. The van der Waals surface area contributed by atoms with E-state index in [4.69, 9.17) is 0 Å². The fourth-order valence-corrected chi connectivity index (χ4v) is 1.68. The van der Waals surface area contributed by atoms with Crippen LogP contribution in [-0.4, -0.2) is 15.9 Å². The van der Waals surface area contributed by atoms with Crippen molar-refractivity contribution in [2.45, 2.75) is 6.92 Å². The van der Waals surface area contributed by atoms with Crippen molar-refractivity contribution in [2.75, 3.05) is 5.32 Å². The molecule has 1 aromatic carbocycles. The molecule has 0 aliphatic heterocycles. The minimum atomic E-state index is -0.448. The van der Waals surface area contributed by atoms with Gasteiger partial charge in [0.25, 0.3) is 17.0 Å². The number of benzene rings is 1. The third-order valence-corrected chi connectivity index (χ3v) is 2.90. The van der Waals surface area contributed by atoms with E-state index >= 15 is 0 Å². The molecule has 0 spiro atoms. The van der Waals surface area contributed by atoms with Crippen molar-refractivity contribution < 1.29 is 4.79 Å². The van der Waals surface area contributed by atoms with Crippen LogP contribution in [-0.2, 0) is 4.79 Å². The Balaban J connectivity index is 2.34. The first-order chi connectivity index (χ1) is 10.4. The highest BCUT2D eigenvalue weighted by atomic mass is 16.2. The largest absolute Gasteiger partial charge is 0.322 e. The van der Waals surface area contributed by atoms with Gasteiger partial charge in [0.05, 0.1) is 5.35 Å². The van der Waals surface area contributed by atoms with Gasteiger partial charge in [-0.25, -0.2) is 0 Å². The Morgan fingerprint density at radius 3 is 2.36 bits per heavy atom. The number of aromatic nitrogens is 2. The van der Waals surface area contributed by atoms with E-state index in [2.05, 4.69) is 28.4 Å². The Kier molecular flexibility index (Phi) is 4.22. The van der Waals surface area contributed by atoms with Gasteiger partial charge in [-0.2, -0.15) is 0 Å². The van der Waals surface area contributed by atoms with E-state index in [-0.39, 0.29) is 16.6 Å². The number of H-pyrrole nitrogens is 2. The van der Waals surface area contributed by atoms with Gasteiger partial charge in [0.2, 0.25) is 0 Å².